The molecular weight excluding hydrogens is 204 g/mol. The van der Waals surface area contributed by atoms with Crippen LogP contribution in [0.15, 0.2) is 24.3 Å². The third-order valence-corrected chi connectivity index (χ3v) is 3.70. The van der Waals surface area contributed by atoms with Gasteiger partial charge >= 0.3 is 0 Å². The first kappa shape index (κ1) is 10.4. The van der Waals surface area contributed by atoms with Crippen LogP contribution in [0.3, 0.4) is 0 Å². The molecule has 2 nitrogen and oxygen atoms in total. The summed E-state index contributed by atoms with van der Waals surface area (Å²) in [6, 6.07) is 10.9. The predicted octanol–water partition coefficient (Wildman–Crippen LogP) is 2.67. The maximum atomic E-state index is 8.55. The third kappa shape index (κ3) is 2.90. The van der Waals surface area contributed by atoms with Gasteiger partial charge in [0.2, 0.25) is 0 Å². The fourth-order valence-corrected chi connectivity index (χ4v) is 2.85. The summed E-state index contributed by atoms with van der Waals surface area (Å²) in [6.07, 6.45) is 1.75. The number of hydrogen-bond acceptors (Lipinski definition) is 3. The monoisotopic (exact) mass is 218 g/mol. The minimum atomic E-state index is 0.500. The molecule has 1 aliphatic rings. The van der Waals surface area contributed by atoms with Gasteiger partial charge in [0.1, 0.15) is 0 Å². The summed E-state index contributed by atoms with van der Waals surface area (Å²) < 4.78 is 0. The highest BCUT2D eigenvalue weighted by molar-refractivity contribution is 7.99. The van der Waals surface area contributed by atoms with E-state index in [0.717, 1.165) is 5.56 Å². The first-order chi connectivity index (χ1) is 7.38. The number of nitriles is 1. The largest absolute Gasteiger partial charge is 0.381 e. The number of anilines is 1. The minimum Gasteiger partial charge on any atom is -0.381 e. The maximum absolute atomic E-state index is 8.55. The van der Waals surface area contributed by atoms with Gasteiger partial charge in [-0.05, 0) is 29.9 Å². The summed E-state index contributed by atoms with van der Waals surface area (Å²) >= 11 is 2.01. The molecule has 1 unspecified atom stereocenters. The van der Waals surface area contributed by atoms with Crippen molar-refractivity contribution in [1.82, 2.24) is 0 Å². The molecule has 0 spiro atoms. The Kier molecular flexibility index (Phi) is 3.52. The molecule has 1 heterocycles. The third-order valence-electron chi connectivity index (χ3n) is 2.54. The van der Waals surface area contributed by atoms with Gasteiger partial charge in [0.05, 0.1) is 12.5 Å². The lowest BCUT2D eigenvalue weighted by Crippen LogP contribution is -2.17. The molecule has 0 aromatic heterocycles. The van der Waals surface area contributed by atoms with Gasteiger partial charge in [0.15, 0.2) is 0 Å². The summed E-state index contributed by atoms with van der Waals surface area (Å²) in [4.78, 5) is 0. The number of thioether (sulfide) groups is 1. The second-order valence-corrected chi connectivity index (χ2v) is 4.89. The van der Waals surface area contributed by atoms with E-state index in [1.54, 1.807) is 0 Å². The molecule has 1 aromatic rings. The van der Waals surface area contributed by atoms with Crippen LogP contribution < -0.4 is 5.32 Å². The van der Waals surface area contributed by atoms with Crippen LogP contribution in [0.2, 0.25) is 0 Å². The standard InChI is InChI=1S/C12H14N2S/c13-7-5-10-1-3-11(4-2-10)14-12-6-8-15-9-12/h1-4,12,14H,5-6,8-9H2. The van der Waals surface area contributed by atoms with Crippen molar-refractivity contribution in [1.29, 1.82) is 5.26 Å². The summed E-state index contributed by atoms with van der Waals surface area (Å²) in [7, 11) is 0. The minimum absolute atomic E-state index is 0.500. The molecule has 1 atom stereocenters. The molecule has 1 aromatic carbocycles. The van der Waals surface area contributed by atoms with E-state index in [1.807, 2.05) is 23.9 Å². The summed E-state index contributed by atoms with van der Waals surface area (Å²) in [6.45, 7) is 0. The van der Waals surface area contributed by atoms with Gasteiger partial charge < -0.3 is 5.32 Å². The predicted molar refractivity (Wildman–Crippen MR) is 65.1 cm³/mol. The Morgan fingerprint density at radius 3 is 2.80 bits per heavy atom. The van der Waals surface area contributed by atoms with Gasteiger partial charge in [-0.25, -0.2) is 0 Å². The van der Waals surface area contributed by atoms with E-state index < -0.39 is 0 Å². The van der Waals surface area contributed by atoms with Gasteiger partial charge in [0, 0.05) is 17.5 Å². The highest BCUT2D eigenvalue weighted by Gasteiger charge is 2.14. The SMILES string of the molecule is N#CCc1ccc(NC2CCSC2)cc1. The zero-order valence-corrected chi connectivity index (χ0v) is 9.39. The van der Waals surface area contributed by atoms with E-state index in [4.69, 9.17) is 5.26 Å². The van der Waals surface area contributed by atoms with Gasteiger partial charge in [0.25, 0.3) is 0 Å². The maximum Gasteiger partial charge on any atom is 0.0669 e. The molecule has 0 aliphatic carbocycles. The van der Waals surface area contributed by atoms with Crippen molar-refractivity contribution >= 4 is 17.4 Å². The van der Waals surface area contributed by atoms with Crippen LogP contribution in [0.5, 0.6) is 0 Å². The molecule has 2 rings (SSSR count). The van der Waals surface area contributed by atoms with Crippen LogP contribution in [0.25, 0.3) is 0 Å². The fraction of sp³-hybridized carbons (Fsp3) is 0.417. The molecule has 0 radical (unpaired) electrons. The number of rotatable bonds is 3. The molecule has 15 heavy (non-hydrogen) atoms. The van der Waals surface area contributed by atoms with Crippen LogP contribution in [0, 0.1) is 11.3 Å². The van der Waals surface area contributed by atoms with E-state index in [-0.39, 0.29) is 0 Å². The van der Waals surface area contributed by atoms with E-state index in [2.05, 4.69) is 23.5 Å². The van der Waals surface area contributed by atoms with Crippen LogP contribution >= 0.6 is 11.8 Å². The lowest BCUT2D eigenvalue weighted by Gasteiger charge is -2.12. The van der Waals surface area contributed by atoms with Gasteiger partial charge in [-0.3, -0.25) is 0 Å². The van der Waals surface area contributed by atoms with Crippen LogP contribution in [-0.2, 0) is 6.42 Å². The second kappa shape index (κ2) is 5.09. The lowest BCUT2D eigenvalue weighted by molar-refractivity contribution is 0.813. The molecule has 0 amide bonds. The fourth-order valence-electron chi connectivity index (χ4n) is 1.69. The summed E-state index contributed by atoms with van der Waals surface area (Å²) in [5.74, 6) is 2.48. The van der Waals surface area contributed by atoms with Gasteiger partial charge in [-0.15, -0.1) is 0 Å². The average molecular weight is 218 g/mol. The normalized spacial score (nSPS) is 19.8. The molecule has 1 aliphatic heterocycles. The summed E-state index contributed by atoms with van der Waals surface area (Å²) in [5, 5.41) is 12.1. The van der Waals surface area contributed by atoms with Gasteiger partial charge in [-0.1, -0.05) is 12.1 Å². The molecule has 3 heteroatoms. The Bertz CT molecular complexity index is 347. The van der Waals surface area contributed by atoms with Crippen LogP contribution in [0.1, 0.15) is 12.0 Å². The number of hydrogen-bond donors (Lipinski definition) is 1. The summed E-state index contributed by atoms with van der Waals surface area (Å²) in [5.41, 5.74) is 2.26. The van der Waals surface area contributed by atoms with Crippen molar-refractivity contribution < 1.29 is 0 Å². The van der Waals surface area contributed by atoms with Crippen LogP contribution in [-0.4, -0.2) is 17.5 Å². The van der Waals surface area contributed by atoms with E-state index in [0.29, 0.717) is 12.5 Å². The van der Waals surface area contributed by atoms with E-state index in [1.165, 1.54) is 23.6 Å². The van der Waals surface area contributed by atoms with Crippen molar-refractivity contribution in [2.24, 2.45) is 0 Å². The van der Waals surface area contributed by atoms with Crippen LogP contribution in [0.4, 0.5) is 5.69 Å². The smallest absolute Gasteiger partial charge is 0.0669 e. The molecular formula is C12H14N2S. The first-order valence-corrected chi connectivity index (χ1v) is 6.34. The van der Waals surface area contributed by atoms with Gasteiger partial charge in [-0.2, -0.15) is 17.0 Å². The van der Waals surface area contributed by atoms with Crippen molar-refractivity contribution in [3.05, 3.63) is 29.8 Å². The first-order valence-electron chi connectivity index (χ1n) is 5.18. The number of nitrogens with zero attached hydrogens (tertiary/aromatic N) is 1. The van der Waals surface area contributed by atoms with Crippen molar-refractivity contribution in [3.63, 3.8) is 0 Å². The highest BCUT2D eigenvalue weighted by Crippen LogP contribution is 2.21. The van der Waals surface area contributed by atoms with E-state index in [9.17, 15) is 0 Å². The Hall–Kier alpha value is -1.14. The van der Waals surface area contributed by atoms with Crippen molar-refractivity contribution in [2.75, 3.05) is 16.8 Å². The zero-order chi connectivity index (χ0) is 10.5. The molecule has 0 saturated carbocycles. The molecule has 0 bridgehead atoms. The average Bonchev–Trinajstić information content (AvgIpc) is 2.74. The second-order valence-electron chi connectivity index (χ2n) is 3.74. The molecule has 1 fully saturated rings. The number of benzene rings is 1. The Balaban J connectivity index is 1.94. The van der Waals surface area contributed by atoms with E-state index >= 15 is 0 Å². The molecule has 1 saturated heterocycles. The number of nitrogens with one attached hydrogen (secondary N) is 1. The van der Waals surface area contributed by atoms with Crippen molar-refractivity contribution in [2.45, 2.75) is 18.9 Å². The Morgan fingerprint density at radius 1 is 1.40 bits per heavy atom. The Morgan fingerprint density at radius 2 is 2.20 bits per heavy atom. The molecule has 78 valence electrons. The zero-order valence-electron chi connectivity index (χ0n) is 8.57. The highest BCUT2D eigenvalue weighted by atomic mass is 32.2. The topological polar surface area (TPSA) is 35.8 Å². The quantitative estimate of drug-likeness (QED) is 0.847. The Labute approximate surface area is 94.7 Å². The lowest BCUT2D eigenvalue weighted by atomic mass is 10.1. The van der Waals surface area contributed by atoms with Crippen molar-refractivity contribution in [3.8, 4) is 6.07 Å². The molecule has 1 N–H and O–H groups in total.